The maximum absolute atomic E-state index is 10.9. The Morgan fingerprint density at radius 3 is 2.76 bits per heavy atom. The molecule has 0 spiro atoms. The van der Waals surface area contributed by atoms with E-state index in [4.69, 9.17) is 9.84 Å². The van der Waals surface area contributed by atoms with E-state index in [0.717, 1.165) is 24.8 Å². The van der Waals surface area contributed by atoms with Gasteiger partial charge in [0.15, 0.2) is 11.5 Å². The summed E-state index contributed by atoms with van der Waals surface area (Å²) in [7, 11) is 0. The van der Waals surface area contributed by atoms with Gasteiger partial charge in [-0.15, -0.1) is 0 Å². The van der Waals surface area contributed by atoms with Gasteiger partial charge in [0.2, 0.25) is 0 Å². The summed E-state index contributed by atoms with van der Waals surface area (Å²) in [4.78, 5) is 10.9. The molecule has 2 rings (SSSR count). The van der Waals surface area contributed by atoms with Gasteiger partial charge in [-0.2, -0.15) is 0 Å². The molecule has 1 aromatic rings. The van der Waals surface area contributed by atoms with Gasteiger partial charge in [0.25, 0.3) is 0 Å². The fraction of sp³-hybridized carbons (Fsp3) is 0.588. The van der Waals surface area contributed by atoms with Gasteiger partial charge in [0.05, 0.1) is 12.0 Å². The molecule has 0 radical (unpaired) electrons. The number of phenolic OH excluding ortho intramolecular Hbond substituents is 1. The lowest BCUT2D eigenvalue weighted by atomic mass is 9.92. The van der Waals surface area contributed by atoms with E-state index in [9.17, 15) is 9.90 Å². The van der Waals surface area contributed by atoms with Crippen molar-refractivity contribution in [2.75, 3.05) is 0 Å². The molecule has 0 aromatic heterocycles. The van der Waals surface area contributed by atoms with Gasteiger partial charge in [-0.1, -0.05) is 26.8 Å². The summed E-state index contributed by atoms with van der Waals surface area (Å²) >= 11 is 0. The third-order valence-electron chi connectivity index (χ3n) is 4.20. The van der Waals surface area contributed by atoms with Crippen LogP contribution in [0.25, 0.3) is 0 Å². The van der Waals surface area contributed by atoms with Crippen molar-refractivity contribution in [3.63, 3.8) is 0 Å². The number of phenols is 1. The maximum Gasteiger partial charge on any atom is 0.306 e. The van der Waals surface area contributed by atoms with Crippen molar-refractivity contribution in [2.24, 2.45) is 11.3 Å². The fourth-order valence-electron chi connectivity index (χ4n) is 2.87. The number of carbonyl (C=O) groups is 1. The summed E-state index contributed by atoms with van der Waals surface area (Å²) < 4.78 is 5.93. The van der Waals surface area contributed by atoms with Gasteiger partial charge in [0.1, 0.15) is 0 Å². The Bertz CT molecular complexity index is 522. The normalized spacial score (nSPS) is 22.0. The molecule has 2 N–H and O–H groups in total. The summed E-state index contributed by atoms with van der Waals surface area (Å²) in [6.45, 7) is 6.12. The summed E-state index contributed by atoms with van der Waals surface area (Å²) in [5.74, 6) is -0.685. The van der Waals surface area contributed by atoms with Crippen molar-refractivity contribution in [2.45, 2.75) is 52.6 Å². The number of aliphatic carboxylic acids is 1. The van der Waals surface area contributed by atoms with Crippen LogP contribution < -0.4 is 4.74 Å². The molecule has 1 aromatic carbocycles. The highest BCUT2D eigenvalue weighted by atomic mass is 16.5. The maximum atomic E-state index is 10.9. The molecule has 116 valence electrons. The number of carboxylic acid groups (broad SMARTS) is 1. The molecule has 0 saturated heterocycles. The lowest BCUT2D eigenvalue weighted by Crippen LogP contribution is -2.15. The summed E-state index contributed by atoms with van der Waals surface area (Å²) in [5, 5.41) is 18.9. The first-order valence-corrected chi connectivity index (χ1v) is 7.48. The standard InChI is InChI=1S/C17H24O4/c1-11(16(19)20)8-12-4-5-14(18)15(9-12)21-13-6-7-17(2,3)10-13/h4-5,9,11,13,18H,6-8,10H2,1-3H3,(H,19,20). The van der Waals surface area contributed by atoms with Gasteiger partial charge < -0.3 is 14.9 Å². The number of rotatable bonds is 5. The number of ether oxygens (including phenoxy) is 1. The van der Waals surface area contributed by atoms with E-state index >= 15 is 0 Å². The molecule has 0 bridgehead atoms. The van der Waals surface area contributed by atoms with Crippen LogP contribution in [-0.2, 0) is 11.2 Å². The van der Waals surface area contributed by atoms with Gasteiger partial charge in [-0.25, -0.2) is 0 Å². The highest BCUT2D eigenvalue weighted by molar-refractivity contribution is 5.70. The molecule has 2 unspecified atom stereocenters. The van der Waals surface area contributed by atoms with Crippen molar-refractivity contribution in [3.8, 4) is 11.5 Å². The van der Waals surface area contributed by atoms with E-state index in [1.165, 1.54) is 0 Å². The molecule has 21 heavy (non-hydrogen) atoms. The molecular weight excluding hydrogens is 268 g/mol. The van der Waals surface area contributed by atoms with Crippen molar-refractivity contribution in [1.29, 1.82) is 0 Å². The van der Waals surface area contributed by atoms with E-state index in [2.05, 4.69) is 13.8 Å². The first kappa shape index (κ1) is 15.7. The Hall–Kier alpha value is -1.71. The molecule has 1 aliphatic carbocycles. The minimum Gasteiger partial charge on any atom is -0.504 e. The Morgan fingerprint density at radius 1 is 1.48 bits per heavy atom. The van der Waals surface area contributed by atoms with Gasteiger partial charge >= 0.3 is 5.97 Å². The minimum absolute atomic E-state index is 0.117. The number of carboxylic acids is 1. The molecule has 1 fully saturated rings. The Kier molecular flexibility index (Phi) is 4.45. The van der Waals surface area contributed by atoms with Crippen LogP contribution in [0.4, 0.5) is 0 Å². The third-order valence-corrected chi connectivity index (χ3v) is 4.20. The zero-order chi connectivity index (χ0) is 15.6. The second-order valence-corrected chi connectivity index (χ2v) is 6.89. The van der Waals surface area contributed by atoms with Crippen LogP contribution >= 0.6 is 0 Å². The zero-order valence-corrected chi connectivity index (χ0v) is 12.9. The van der Waals surface area contributed by atoms with Crippen molar-refractivity contribution >= 4 is 5.97 Å². The second-order valence-electron chi connectivity index (χ2n) is 6.89. The Balaban J connectivity index is 2.07. The molecule has 4 heteroatoms. The molecule has 1 saturated carbocycles. The first-order valence-electron chi connectivity index (χ1n) is 7.48. The van der Waals surface area contributed by atoms with Crippen molar-refractivity contribution in [1.82, 2.24) is 0 Å². The van der Waals surface area contributed by atoms with Crippen LogP contribution in [0.1, 0.15) is 45.6 Å². The number of hydrogen-bond acceptors (Lipinski definition) is 3. The quantitative estimate of drug-likeness (QED) is 0.870. The predicted molar refractivity (Wildman–Crippen MR) is 80.7 cm³/mol. The van der Waals surface area contributed by atoms with Gasteiger partial charge in [-0.3, -0.25) is 4.79 Å². The SMILES string of the molecule is CC(Cc1ccc(O)c(OC2CCC(C)(C)C2)c1)C(=O)O. The van der Waals surface area contributed by atoms with Crippen LogP contribution in [0.5, 0.6) is 11.5 Å². The molecule has 0 heterocycles. The molecule has 0 amide bonds. The summed E-state index contributed by atoms with van der Waals surface area (Å²) in [6.07, 6.45) is 3.64. The third kappa shape index (κ3) is 4.13. The molecule has 1 aliphatic rings. The van der Waals surface area contributed by atoms with Crippen LogP contribution in [0, 0.1) is 11.3 Å². The smallest absolute Gasteiger partial charge is 0.306 e. The fourth-order valence-corrected chi connectivity index (χ4v) is 2.87. The largest absolute Gasteiger partial charge is 0.504 e. The van der Waals surface area contributed by atoms with E-state index in [-0.39, 0.29) is 17.3 Å². The number of hydrogen-bond donors (Lipinski definition) is 2. The van der Waals surface area contributed by atoms with Crippen LogP contribution in [0.2, 0.25) is 0 Å². The molecular formula is C17H24O4. The van der Waals surface area contributed by atoms with Crippen LogP contribution in [-0.4, -0.2) is 22.3 Å². The second kappa shape index (κ2) is 5.96. The molecule has 0 aliphatic heterocycles. The van der Waals surface area contributed by atoms with E-state index in [1.54, 1.807) is 25.1 Å². The first-order chi connectivity index (χ1) is 9.77. The zero-order valence-electron chi connectivity index (χ0n) is 12.9. The summed E-state index contributed by atoms with van der Waals surface area (Å²) in [5.41, 5.74) is 1.16. The molecule has 4 nitrogen and oxygen atoms in total. The Morgan fingerprint density at radius 2 is 2.19 bits per heavy atom. The van der Waals surface area contributed by atoms with E-state index in [1.807, 2.05) is 0 Å². The lowest BCUT2D eigenvalue weighted by molar-refractivity contribution is -0.141. The van der Waals surface area contributed by atoms with Gasteiger partial charge in [-0.05, 0) is 48.8 Å². The van der Waals surface area contributed by atoms with Crippen molar-refractivity contribution < 1.29 is 19.7 Å². The Labute approximate surface area is 125 Å². The van der Waals surface area contributed by atoms with Crippen molar-refractivity contribution in [3.05, 3.63) is 23.8 Å². The van der Waals surface area contributed by atoms with Crippen LogP contribution in [0.15, 0.2) is 18.2 Å². The predicted octanol–water partition coefficient (Wildman–Crippen LogP) is 3.61. The monoisotopic (exact) mass is 292 g/mol. The molecule has 2 atom stereocenters. The topological polar surface area (TPSA) is 66.8 Å². The highest BCUT2D eigenvalue weighted by Crippen LogP contribution is 2.40. The van der Waals surface area contributed by atoms with E-state index in [0.29, 0.717) is 12.2 Å². The van der Waals surface area contributed by atoms with E-state index < -0.39 is 11.9 Å². The minimum atomic E-state index is -0.817. The van der Waals surface area contributed by atoms with Crippen LogP contribution in [0.3, 0.4) is 0 Å². The average Bonchev–Trinajstić information content (AvgIpc) is 2.72. The van der Waals surface area contributed by atoms with Gasteiger partial charge in [0, 0.05) is 0 Å². The average molecular weight is 292 g/mol. The number of benzene rings is 1. The highest BCUT2D eigenvalue weighted by Gasteiger charge is 2.32. The lowest BCUT2D eigenvalue weighted by Gasteiger charge is -2.19. The summed E-state index contributed by atoms with van der Waals surface area (Å²) in [6, 6.07) is 5.10. The number of aromatic hydroxyl groups is 1.